The molecule has 1 aromatic carbocycles. The largest absolute Gasteiger partial charge is 0.375 e. The second-order valence-electron chi connectivity index (χ2n) is 18.2. The molecule has 0 radical (unpaired) electrons. The van der Waals surface area contributed by atoms with Gasteiger partial charge in [-0.2, -0.15) is 10.2 Å². The Morgan fingerprint density at radius 2 is 1.87 bits per heavy atom. The number of benzene rings is 1. The van der Waals surface area contributed by atoms with Crippen LogP contribution in [0.2, 0.25) is 5.02 Å². The van der Waals surface area contributed by atoms with Gasteiger partial charge in [0.05, 0.1) is 48.7 Å². The van der Waals surface area contributed by atoms with Gasteiger partial charge >= 0.3 is 0 Å². The van der Waals surface area contributed by atoms with Crippen molar-refractivity contribution in [2.45, 2.75) is 113 Å². The molecule has 5 atom stereocenters. The lowest BCUT2D eigenvalue weighted by atomic mass is 9.71. The Morgan fingerprint density at radius 3 is 2.60 bits per heavy atom. The van der Waals surface area contributed by atoms with Crippen molar-refractivity contribution >= 4 is 46.5 Å². The van der Waals surface area contributed by atoms with E-state index in [0.717, 1.165) is 81.5 Å². The Morgan fingerprint density at radius 1 is 1.03 bits per heavy atom. The smallest absolute Gasteiger partial charge is 0.284 e. The number of hydrogen-bond acceptors (Lipinski definition) is 10. The summed E-state index contributed by atoms with van der Waals surface area (Å²) in [5.41, 5.74) is 1.89. The van der Waals surface area contributed by atoms with Gasteiger partial charge in [-0.05, 0) is 98.8 Å². The number of carbonyl (C=O) groups is 3. The summed E-state index contributed by atoms with van der Waals surface area (Å²) in [6.07, 6.45) is 7.83. The highest BCUT2D eigenvalue weighted by Gasteiger charge is 2.40. The van der Waals surface area contributed by atoms with Crippen LogP contribution in [0, 0.1) is 11.8 Å². The fourth-order valence-electron chi connectivity index (χ4n) is 10.6. The number of anilines is 2. The number of carbonyl (C=O) groups excluding carboxylic acids is 3. The summed E-state index contributed by atoms with van der Waals surface area (Å²) in [4.78, 5) is 46.5. The molecule has 6 aliphatic rings. The third kappa shape index (κ3) is 8.32. The standard InChI is InChI=1S/C44H51ClF3N9O5/c45-34-15-26(3-6-31(34)32-7-8-39(58)52-43(32)59)27-13-25(14-27)22-62-37-9-11-54(20-35(37)46)18-24-1-4-28(5-2-24)57-21-36(40(53-57)41(47)48)50-44(60)33-17-49-56-12-10-38(51-42(33)56)55-19-30-16-29(55)23-61-30/h3,6,10,12,15,17,21,24-25,27-30,32,35,37,41H,1-2,4-5,7-9,11,13-14,16,18-20,22-23H2,(H,50,60)(H,52,58,59)/t24-,25-,27-,28-,29-,30-,32?,35-,37+/m1/s1. The van der Waals surface area contributed by atoms with E-state index in [9.17, 15) is 23.2 Å². The fourth-order valence-corrected chi connectivity index (χ4v) is 11.0. The normalized spacial score (nSPS) is 30.3. The van der Waals surface area contributed by atoms with Gasteiger partial charge < -0.3 is 19.7 Å². The summed E-state index contributed by atoms with van der Waals surface area (Å²) in [7, 11) is 0. The number of morpholine rings is 1. The predicted molar refractivity (Wildman–Crippen MR) is 222 cm³/mol. The van der Waals surface area contributed by atoms with Crippen molar-refractivity contribution in [2.75, 3.05) is 49.6 Å². The summed E-state index contributed by atoms with van der Waals surface area (Å²) >= 11 is 6.61. The molecule has 14 nitrogen and oxygen atoms in total. The molecular formula is C44H51ClF3N9O5. The minimum Gasteiger partial charge on any atom is -0.375 e. The highest BCUT2D eigenvalue weighted by Crippen LogP contribution is 2.44. The molecule has 18 heteroatoms. The topological polar surface area (TPSA) is 148 Å². The molecule has 2 saturated carbocycles. The molecule has 3 amide bonds. The number of aromatic nitrogens is 5. The van der Waals surface area contributed by atoms with Gasteiger partial charge in [0.25, 0.3) is 12.3 Å². The van der Waals surface area contributed by atoms with Gasteiger partial charge in [0.2, 0.25) is 11.8 Å². The lowest BCUT2D eigenvalue weighted by Crippen LogP contribution is -2.48. The second kappa shape index (κ2) is 17.2. The molecule has 1 unspecified atom stereocenters. The number of imide groups is 1. The minimum absolute atomic E-state index is 0.0314. The number of nitrogens with zero attached hydrogens (tertiary/aromatic N) is 7. The van der Waals surface area contributed by atoms with Crippen LogP contribution in [0.5, 0.6) is 0 Å². The molecule has 7 heterocycles. The lowest BCUT2D eigenvalue weighted by molar-refractivity contribution is -0.134. The third-order valence-corrected chi connectivity index (χ3v) is 14.5. The van der Waals surface area contributed by atoms with E-state index in [1.54, 1.807) is 10.9 Å². The maximum absolute atomic E-state index is 15.5. The zero-order valence-electron chi connectivity index (χ0n) is 34.3. The Hall–Kier alpha value is -4.58. The van der Waals surface area contributed by atoms with Gasteiger partial charge in [-0.15, -0.1) is 0 Å². The molecule has 2 bridgehead atoms. The van der Waals surface area contributed by atoms with Crippen molar-refractivity contribution in [2.24, 2.45) is 11.8 Å². The van der Waals surface area contributed by atoms with Crippen molar-refractivity contribution in [3.63, 3.8) is 0 Å². The van der Waals surface area contributed by atoms with Gasteiger partial charge in [0.15, 0.2) is 11.3 Å². The number of rotatable bonds is 12. The van der Waals surface area contributed by atoms with Crippen molar-refractivity contribution in [3.8, 4) is 0 Å². The molecule has 2 aliphatic carbocycles. The average molecular weight is 878 g/mol. The zero-order chi connectivity index (χ0) is 42.6. The highest BCUT2D eigenvalue weighted by atomic mass is 35.5. The van der Waals surface area contributed by atoms with E-state index in [-0.39, 0.29) is 41.3 Å². The van der Waals surface area contributed by atoms with Crippen LogP contribution in [0.4, 0.5) is 24.7 Å². The molecule has 2 N–H and O–H groups in total. The number of piperidine rings is 2. The molecule has 330 valence electrons. The van der Waals surface area contributed by atoms with Crippen LogP contribution in [0.15, 0.2) is 42.9 Å². The summed E-state index contributed by atoms with van der Waals surface area (Å²) in [5.74, 6) is 0.211. The van der Waals surface area contributed by atoms with E-state index >= 15 is 4.39 Å². The van der Waals surface area contributed by atoms with Crippen LogP contribution in [0.3, 0.4) is 0 Å². The maximum Gasteiger partial charge on any atom is 0.284 e. The molecule has 4 saturated heterocycles. The molecule has 4 aliphatic heterocycles. The summed E-state index contributed by atoms with van der Waals surface area (Å²) in [6.45, 7) is 3.75. The molecule has 3 aromatic heterocycles. The van der Waals surface area contributed by atoms with Gasteiger partial charge in [-0.25, -0.2) is 22.7 Å². The van der Waals surface area contributed by atoms with E-state index in [2.05, 4.69) is 30.6 Å². The first-order chi connectivity index (χ1) is 30.0. The lowest BCUT2D eigenvalue weighted by Gasteiger charge is -2.40. The monoisotopic (exact) mass is 877 g/mol. The Labute approximate surface area is 361 Å². The summed E-state index contributed by atoms with van der Waals surface area (Å²) < 4.78 is 59.0. The van der Waals surface area contributed by atoms with Crippen LogP contribution < -0.4 is 15.5 Å². The fraction of sp³-hybridized carbons (Fsp3) is 0.591. The predicted octanol–water partition coefficient (Wildman–Crippen LogP) is 6.62. The van der Waals surface area contributed by atoms with Crippen molar-refractivity contribution in [1.82, 2.24) is 34.6 Å². The van der Waals surface area contributed by atoms with Gasteiger partial charge in [0.1, 0.15) is 17.6 Å². The molecular weight excluding hydrogens is 827 g/mol. The highest BCUT2D eigenvalue weighted by molar-refractivity contribution is 6.31. The van der Waals surface area contributed by atoms with Gasteiger partial charge in [0, 0.05) is 56.6 Å². The number of hydrogen-bond donors (Lipinski definition) is 2. The minimum atomic E-state index is -2.88. The first-order valence-corrected chi connectivity index (χ1v) is 22.4. The summed E-state index contributed by atoms with van der Waals surface area (Å²) in [6, 6.07) is 7.87. The van der Waals surface area contributed by atoms with Crippen LogP contribution in [0.25, 0.3) is 5.65 Å². The van der Waals surface area contributed by atoms with Crippen molar-refractivity contribution in [3.05, 3.63) is 70.3 Å². The van der Waals surface area contributed by atoms with Crippen LogP contribution in [0.1, 0.15) is 116 Å². The van der Waals surface area contributed by atoms with E-state index in [4.69, 9.17) is 26.1 Å². The van der Waals surface area contributed by atoms with Crippen molar-refractivity contribution in [1.29, 1.82) is 0 Å². The SMILES string of the molecule is O=C1CCC(c2ccc([C@H]3C[C@H](CO[C@H]4CCN(C[C@H]5CC[C@H](n6cc(NC(=O)c7cnn8ccc(N9C[C@H]%10C[C@@H]9CO%10)nc78)c(C(F)F)n6)CC5)C[C@H]4F)C3)cc2Cl)C(=O)N1. The summed E-state index contributed by atoms with van der Waals surface area (Å²) in [5, 5.41) is 14.2. The van der Waals surface area contributed by atoms with Gasteiger partial charge in [-0.3, -0.25) is 29.3 Å². The zero-order valence-corrected chi connectivity index (χ0v) is 35.1. The van der Waals surface area contributed by atoms with E-state index in [1.165, 1.54) is 16.9 Å². The number of fused-ring (bicyclic) bond motifs is 3. The quantitative estimate of drug-likeness (QED) is 0.149. The van der Waals surface area contributed by atoms with Crippen LogP contribution >= 0.6 is 11.6 Å². The average Bonchev–Trinajstić information content (AvgIpc) is 4.06. The third-order valence-electron chi connectivity index (χ3n) is 14.2. The maximum atomic E-state index is 15.5. The molecule has 62 heavy (non-hydrogen) atoms. The van der Waals surface area contributed by atoms with E-state index in [1.807, 2.05) is 24.3 Å². The van der Waals surface area contributed by atoms with Crippen LogP contribution in [-0.2, 0) is 19.1 Å². The number of alkyl halides is 3. The van der Waals surface area contributed by atoms with E-state index < -0.39 is 36.2 Å². The Kier molecular flexibility index (Phi) is 11.5. The number of likely N-dealkylation sites (tertiary alicyclic amines) is 1. The first-order valence-electron chi connectivity index (χ1n) is 22.0. The number of halogens is 4. The number of nitrogens with one attached hydrogen (secondary N) is 2. The Balaban J connectivity index is 0.671. The Bertz CT molecular complexity index is 2330. The number of ether oxygens (including phenoxy) is 2. The molecule has 0 spiro atoms. The van der Waals surface area contributed by atoms with Crippen LogP contribution in [-0.4, -0.2) is 111 Å². The molecule has 6 fully saturated rings. The van der Waals surface area contributed by atoms with Gasteiger partial charge in [-0.1, -0.05) is 23.7 Å². The number of amides is 3. The molecule has 4 aromatic rings. The van der Waals surface area contributed by atoms with E-state index in [0.29, 0.717) is 67.4 Å². The second-order valence-corrected chi connectivity index (χ2v) is 18.6. The molecule has 10 rings (SSSR count). The first kappa shape index (κ1) is 41.4. The van der Waals surface area contributed by atoms with Crippen molar-refractivity contribution < 1.29 is 37.0 Å².